The lowest BCUT2D eigenvalue weighted by molar-refractivity contribution is -0.170. The van der Waals surface area contributed by atoms with Crippen LogP contribution in [0.4, 0.5) is 0 Å². The Balaban J connectivity index is 1.77. The Kier molecular flexibility index (Phi) is 6.83. The molecule has 5 heteroatoms. The molecule has 0 spiro atoms. The fraction of sp³-hybridized carbons (Fsp3) is 0.667. The van der Waals surface area contributed by atoms with Crippen molar-refractivity contribution in [2.75, 3.05) is 20.2 Å². The summed E-state index contributed by atoms with van der Waals surface area (Å²) in [5.74, 6) is -0.0589. The van der Waals surface area contributed by atoms with Crippen molar-refractivity contribution < 1.29 is 9.53 Å². The molecule has 1 aromatic carbocycles. The number of carbonyl (C=O) groups excluding carboxylic acids is 1. The second kappa shape index (κ2) is 8.51. The van der Waals surface area contributed by atoms with Gasteiger partial charge in [0.15, 0.2) is 0 Å². The van der Waals surface area contributed by atoms with Crippen LogP contribution in [-0.4, -0.2) is 48.7 Å². The molecule has 1 saturated carbocycles. The summed E-state index contributed by atoms with van der Waals surface area (Å²) in [6.07, 6.45) is 1.53. The van der Waals surface area contributed by atoms with E-state index in [1.165, 1.54) is 5.56 Å². The van der Waals surface area contributed by atoms with E-state index in [1.54, 1.807) is 0 Å². The largest absolute Gasteiger partial charge is 0.378 e. The number of amides is 1. The molecule has 3 N–H and O–H groups in total. The second-order valence-electron chi connectivity index (χ2n) is 8.14. The van der Waals surface area contributed by atoms with Gasteiger partial charge in [-0.2, -0.15) is 0 Å². The molecular weight excluding hydrogens is 326 g/mol. The van der Waals surface area contributed by atoms with Crippen LogP contribution in [0, 0.1) is 5.41 Å². The molecule has 146 valence electrons. The molecule has 0 bridgehead atoms. The number of nitrogens with zero attached hydrogens (tertiary/aromatic N) is 1. The van der Waals surface area contributed by atoms with Gasteiger partial charge in [-0.1, -0.05) is 44.2 Å². The molecule has 0 saturated heterocycles. The molecule has 3 atom stereocenters. The van der Waals surface area contributed by atoms with E-state index in [1.807, 2.05) is 26.8 Å². The van der Waals surface area contributed by atoms with E-state index in [4.69, 9.17) is 10.5 Å². The van der Waals surface area contributed by atoms with E-state index >= 15 is 0 Å². The SMILES string of the molecule is CCOC1CC(N)(C(=O)NCCC(C)N(C)Cc2ccccc2)C1(C)C. The quantitative estimate of drug-likeness (QED) is 0.709. The number of nitrogens with one attached hydrogen (secondary N) is 1. The number of nitrogens with two attached hydrogens (primary N) is 1. The van der Waals surface area contributed by atoms with Gasteiger partial charge in [0.05, 0.1) is 6.10 Å². The van der Waals surface area contributed by atoms with Gasteiger partial charge in [-0.25, -0.2) is 0 Å². The maximum absolute atomic E-state index is 12.6. The van der Waals surface area contributed by atoms with Crippen LogP contribution < -0.4 is 11.1 Å². The fourth-order valence-corrected chi connectivity index (χ4v) is 3.62. The Morgan fingerprint density at radius 3 is 2.62 bits per heavy atom. The van der Waals surface area contributed by atoms with Crippen molar-refractivity contribution in [2.24, 2.45) is 11.1 Å². The van der Waals surface area contributed by atoms with Crippen LogP contribution in [0.1, 0.15) is 46.1 Å². The van der Waals surface area contributed by atoms with Gasteiger partial charge in [0, 0.05) is 37.6 Å². The number of hydrogen-bond acceptors (Lipinski definition) is 4. The van der Waals surface area contributed by atoms with Crippen molar-refractivity contribution in [3.05, 3.63) is 35.9 Å². The van der Waals surface area contributed by atoms with Gasteiger partial charge in [0.1, 0.15) is 5.54 Å². The molecule has 3 unspecified atom stereocenters. The highest BCUT2D eigenvalue weighted by Crippen LogP contribution is 2.49. The van der Waals surface area contributed by atoms with Crippen LogP contribution in [0.5, 0.6) is 0 Å². The molecular formula is C21H35N3O2. The molecule has 1 aliphatic carbocycles. The average molecular weight is 362 g/mol. The monoisotopic (exact) mass is 361 g/mol. The third-order valence-corrected chi connectivity index (χ3v) is 6.11. The summed E-state index contributed by atoms with van der Waals surface area (Å²) < 4.78 is 5.70. The Morgan fingerprint density at radius 2 is 2.04 bits per heavy atom. The van der Waals surface area contributed by atoms with E-state index < -0.39 is 5.54 Å². The highest BCUT2D eigenvalue weighted by atomic mass is 16.5. The summed E-state index contributed by atoms with van der Waals surface area (Å²) in [5, 5.41) is 3.05. The Labute approximate surface area is 158 Å². The molecule has 2 rings (SSSR count). The smallest absolute Gasteiger partial charge is 0.240 e. The number of benzene rings is 1. The van der Waals surface area contributed by atoms with Gasteiger partial charge in [-0.05, 0) is 32.9 Å². The lowest BCUT2D eigenvalue weighted by Crippen LogP contribution is -2.75. The van der Waals surface area contributed by atoms with E-state index in [9.17, 15) is 4.79 Å². The normalized spacial score (nSPS) is 25.6. The number of rotatable bonds is 9. The Bertz CT molecular complexity index is 590. The van der Waals surface area contributed by atoms with Crippen LogP contribution in [0.25, 0.3) is 0 Å². The molecule has 0 aliphatic heterocycles. The van der Waals surface area contributed by atoms with Gasteiger partial charge in [-0.15, -0.1) is 0 Å². The maximum atomic E-state index is 12.6. The molecule has 0 radical (unpaired) electrons. The highest BCUT2D eigenvalue weighted by Gasteiger charge is 2.62. The summed E-state index contributed by atoms with van der Waals surface area (Å²) in [7, 11) is 2.12. The molecule has 5 nitrogen and oxygen atoms in total. The zero-order valence-electron chi connectivity index (χ0n) is 16.9. The first-order valence-electron chi connectivity index (χ1n) is 9.65. The minimum atomic E-state index is -0.841. The average Bonchev–Trinajstić information content (AvgIpc) is 2.61. The molecule has 1 aromatic rings. The summed E-state index contributed by atoms with van der Waals surface area (Å²) in [6, 6.07) is 10.8. The number of carbonyl (C=O) groups is 1. The van der Waals surface area contributed by atoms with Crippen molar-refractivity contribution in [3.8, 4) is 0 Å². The van der Waals surface area contributed by atoms with E-state index in [0.29, 0.717) is 25.6 Å². The summed E-state index contributed by atoms with van der Waals surface area (Å²) >= 11 is 0. The van der Waals surface area contributed by atoms with Crippen molar-refractivity contribution >= 4 is 5.91 Å². The number of ether oxygens (including phenoxy) is 1. The minimum absolute atomic E-state index is 0.0548. The third-order valence-electron chi connectivity index (χ3n) is 6.11. The molecule has 1 fully saturated rings. The molecule has 0 aromatic heterocycles. The molecule has 1 amide bonds. The van der Waals surface area contributed by atoms with Crippen LogP contribution in [-0.2, 0) is 16.1 Å². The first-order valence-corrected chi connectivity index (χ1v) is 9.65. The summed E-state index contributed by atoms with van der Waals surface area (Å²) in [4.78, 5) is 15.0. The predicted molar refractivity (Wildman–Crippen MR) is 106 cm³/mol. The summed E-state index contributed by atoms with van der Waals surface area (Å²) in [5.41, 5.74) is 6.53. The van der Waals surface area contributed by atoms with E-state index in [0.717, 1.165) is 13.0 Å². The van der Waals surface area contributed by atoms with Gasteiger partial charge in [0.2, 0.25) is 5.91 Å². The Morgan fingerprint density at radius 1 is 1.38 bits per heavy atom. The van der Waals surface area contributed by atoms with Crippen LogP contribution in [0.3, 0.4) is 0 Å². The topological polar surface area (TPSA) is 67.6 Å². The summed E-state index contributed by atoms with van der Waals surface area (Å²) in [6.45, 7) is 10.4. The maximum Gasteiger partial charge on any atom is 0.240 e. The zero-order chi connectivity index (χ0) is 19.4. The van der Waals surface area contributed by atoms with Crippen LogP contribution >= 0.6 is 0 Å². The Hall–Kier alpha value is -1.43. The van der Waals surface area contributed by atoms with E-state index in [-0.39, 0.29) is 17.4 Å². The molecule has 26 heavy (non-hydrogen) atoms. The lowest BCUT2D eigenvalue weighted by Gasteiger charge is -2.57. The van der Waals surface area contributed by atoms with Crippen molar-refractivity contribution in [1.82, 2.24) is 10.2 Å². The highest BCUT2D eigenvalue weighted by molar-refractivity contribution is 5.88. The number of hydrogen-bond donors (Lipinski definition) is 2. The lowest BCUT2D eigenvalue weighted by atomic mass is 9.54. The first-order chi connectivity index (χ1) is 12.2. The van der Waals surface area contributed by atoms with E-state index in [2.05, 4.69) is 48.5 Å². The van der Waals surface area contributed by atoms with Crippen molar-refractivity contribution in [2.45, 2.75) is 64.8 Å². The first kappa shape index (κ1) is 20.9. The standard InChI is InChI=1S/C21H35N3O2/c1-6-26-18-14-21(22,20(18,3)4)19(25)23-13-12-16(2)24(5)15-17-10-8-7-9-11-17/h7-11,16,18H,6,12-15,22H2,1-5H3,(H,23,25). The van der Waals surface area contributed by atoms with Crippen LogP contribution in [0.15, 0.2) is 30.3 Å². The van der Waals surface area contributed by atoms with Crippen molar-refractivity contribution in [3.63, 3.8) is 0 Å². The third kappa shape index (κ3) is 4.27. The van der Waals surface area contributed by atoms with Crippen molar-refractivity contribution in [1.29, 1.82) is 0 Å². The molecule has 0 heterocycles. The molecule has 1 aliphatic rings. The van der Waals surface area contributed by atoms with Gasteiger partial charge >= 0.3 is 0 Å². The zero-order valence-corrected chi connectivity index (χ0v) is 16.9. The predicted octanol–water partition coefficient (Wildman–Crippen LogP) is 2.55. The van der Waals surface area contributed by atoms with Crippen LogP contribution in [0.2, 0.25) is 0 Å². The second-order valence-corrected chi connectivity index (χ2v) is 8.14. The fourth-order valence-electron chi connectivity index (χ4n) is 3.62. The van der Waals surface area contributed by atoms with Gasteiger partial charge in [-0.3, -0.25) is 9.69 Å². The minimum Gasteiger partial charge on any atom is -0.378 e. The van der Waals surface area contributed by atoms with Gasteiger partial charge < -0.3 is 15.8 Å². The van der Waals surface area contributed by atoms with Gasteiger partial charge in [0.25, 0.3) is 0 Å².